The Morgan fingerprint density at radius 1 is 1.38 bits per heavy atom. The Labute approximate surface area is 94.2 Å². The van der Waals surface area contributed by atoms with Crippen LogP contribution in [0, 0.1) is 3.57 Å². The van der Waals surface area contributed by atoms with Crippen molar-refractivity contribution in [3.05, 3.63) is 39.5 Å². The van der Waals surface area contributed by atoms with Crippen molar-refractivity contribution in [3.8, 4) is 0 Å². The van der Waals surface area contributed by atoms with Crippen molar-refractivity contribution in [2.24, 2.45) is 0 Å². The molecule has 1 aromatic rings. The minimum absolute atomic E-state index is 1.20. The fourth-order valence-electron chi connectivity index (χ4n) is 1.15. The molecule has 0 N–H and O–H groups in total. The molecule has 0 saturated carbocycles. The van der Waals surface area contributed by atoms with Crippen LogP contribution in [-0.2, 0) is 0 Å². The summed E-state index contributed by atoms with van der Waals surface area (Å²) in [5.74, 6) is 0. The molecule has 0 fully saturated rings. The van der Waals surface area contributed by atoms with E-state index in [2.05, 4.69) is 65.9 Å². The van der Waals surface area contributed by atoms with E-state index in [-0.39, 0.29) is 0 Å². The van der Waals surface area contributed by atoms with E-state index in [0.29, 0.717) is 0 Å². The highest BCUT2D eigenvalue weighted by Gasteiger charge is 1.87. The summed E-state index contributed by atoms with van der Waals surface area (Å²) in [4.78, 5) is 0. The van der Waals surface area contributed by atoms with Crippen molar-refractivity contribution in [2.45, 2.75) is 26.2 Å². The normalized spacial score (nSPS) is 10.9. The fraction of sp³-hybridized carbons (Fsp3) is 0.333. The topological polar surface area (TPSA) is 0 Å². The van der Waals surface area contributed by atoms with Crippen molar-refractivity contribution >= 4 is 28.7 Å². The van der Waals surface area contributed by atoms with Gasteiger partial charge in [-0.25, -0.2) is 0 Å². The van der Waals surface area contributed by atoms with Gasteiger partial charge in [0.25, 0.3) is 0 Å². The molecule has 0 nitrogen and oxygen atoms in total. The predicted octanol–water partition coefficient (Wildman–Crippen LogP) is 4.49. The smallest absolute Gasteiger partial charge is 0.0136 e. The lowest BCUT2D eigenvalue weighted by atomic mass is 10.2. The molecule has 0 spiro atoms. The first-order chi connectivity index (χ1) is 6.33. The summed E-state index contributed by atoms with van der Waals surface area (Å²) in [5, 5.41) is 0. The lowest BCUT2D eigenvalue weighted by Crippen LogP contribution is -1.74. The van der Waals surface area contributed by atoms with Gasteiger partial charge in [-0.2, -0.15) is 0 Å². The largest absolute Gasteiger partial charge is 0.0839 e. The molecule has 0 aromatic heterocycles. The van der Waals surface area contributed by atoms with Gasteiger partial charge in [-0.15, -0.1) is 0 Å². The van der Waals surface area contributed by atoms with Crippen LogP contribution in [0.3, 0.4) is 0 Å². The Balaban J connectivity index is 2.48. The summed E-state index contributed by atoms with van der Waals surface area (Å²) < 4.78 is 1.30. The maximum absolute atomic E-state index is 2.34. The molecule has 0 aliphatic heterocycles. The second kappa shape index (κ2) is 6.19. The van der Waals surface area contributed by atoms with E-state index in [0.717, 1.165) is 0 Å². The molecule has 0 amide bonds. The van der Waals surface area contributed by atoms with E-state index >= 15 is 0 Å². The average Bonchev–Trinajstić information content (AvgIpc) is 2.13. The Hall–Kier alpha value is -0.310. The number of rotatable bonds is 4. The number of allylic oxidation sites excluding steroid dienone is 1. The van der Waals surface area contributed by atoms with Gasteiger partial charge < -0.3 is 0 Å². The third-order valence-corrected chi connectivity index (χ3v) is 2.55. The molecule has 0 saturated heterocycles. The first-order valence-electron chi connectivity index (χ1n) is 4.75. The molecule has 13 heavy (non-hydrogen) atoms. The van der Waals surface area contributed by atoms with E-state index < -0.39 is 0 Å². The molecule has 0 aliphatic rings. The van der Waals surface area contributed by atoms with Crippen molar-refractivity contribution in [3.63, 3.8) is 0 Å². The van der Waals surface area contributed by atoms with E-state index in [1.165, 1.54) is 28.4 Å². The summed E-state index contributed by atoms with van der Waals surface area (Å²) in [5.41, 5.74) is 1.31. The van der Waals surface area contributed by atoms with Gasteiger partial charge in [0.15, 0.2) is 0 Å². The number of hydrogen-bond donors (Lipinski definition) is 0. The zero-order valence-electron chi connectivity index (χ0n) is 7.96. The Kier molecular flexibility index (Phi) is 5.13. The predicted molar refractivity (Wildman–Crippen MR) is 67.7 cm³/mol. The standard InChI is InChI=1S/C12H15I/c1-2-3-4-5-7-11-8-6-9-12(13)10-11/h5-10H,2-4H2,1H3/b7-5+. The van der Waals surface area contributed by atoms with Crippen LogP contribution in [0.5, 0.6) is 0 Å². The molecule has 0 heterocycles. The third-order valence-electron chi connectivity index (χ3n) is 1.88. The first kappa shape index (κ1) is 10.8. The van der Waals surface area contributed by atoms with E-state index in [9.17, 15) is 0 Å². The quantitative estimate of drug-likeness (QED) is 0.565. The zero-order valence-corrected chi connectivity index (χ0v) is 10.1. The van der Waals surface area contributed by atoms with Crippen molar-refractivity contribution in [1.82, 2.24) is 0 Å². The molecule has 1 heteroatoms. The summed E-state index contributed by atoms with van der Waals surface area (Å²) in [6.07, 6.45) is 8.23. The average molecular weight is 286 g/mol. The van der Waals surface area contributed by atoms with Gasteiger partial charge in [0, 0.05) is 3.57 Å². The maximum atomic E-state index is 2.34. The van der Waals surface area contributed by atoms with E-state index in [4.69, 9.17) is 0 Å². The van der Waals surface area contributed by atoms with Gasteiger partial charge in [-0.3, -0.25) is 0 Å². The van der Waals surface area contributed by atoms with Crippen LogP contribution in [-0.4, -0.2) is 0 Å². The van der Waals surface area contributed by atoms with Crippen molar-refractivity contribution in [1.29, 1.82) is 0 Å². The molecular weight excluding hydrogens is 271 g/mol. The molecule has 1 aromatic carbocycles. The van der Waals surface area contributed by atoms with Gasteiger partial charge in [-0.05, 0) is 46.7 Å². The SMILES string of the molecule is CCCC/C=C/c1cccc(I)c1. The highest BCUT2D eigenvalue weighted by Crippen LogP contribution is 2.09. The van der Waals surface area contributed by atoms with Crippen LogP contribution in [0.1, 0.15) is 31.7 Å². The van der Waals surface area contributed by atoms with Crippen LogP contribution >= 0.6 is 22.6 Å². The van der Waals surface area contributed by atoms with E-state index in [1.54, 1.807) is 0 Å². The molecule has 1 rings (SSSR count). The minimum atomic E-state index is 1.20. The highest BCUT2D eigenvalue weighted by atomic mass is 127. The second-order valence-corrected chi connectivity index (χ2v) is 4.35. The number of hydrogen-bond acceptors (Lipinski definition) is 0. The zero-order chi connectivity index (χ0) is 9.52. The maximum Gasteiger partial charge on any atom is 0.0136 e. The highest BCUT2D eigenvalue weighted by molar-refractivity contribution is 14.1. The molecule has 0 unspecified atom stereocenters. The van der Waals surface area contributed by atoms with Crippen LogP contribution in [0.4, 0.5) is 0 Å². The summed E-state index contributed by atoms with van der Waals surface area (Å²) in [7, 11) is 0. The van der Waals surface area contributed by atoms with Crippen LogP contribution in [0.15, 0.2) is 30.3 Å². The third kappa shape index (κ3) is 4.46. The Morgan fingerprint density at radius 2 is 2.23 bits per heavy atom. The molecular formula is C12H15I. The molecule has 70 valence electrons. The van der Waals surface area contributed by atoms with Crippen LogP contribution in [0.25, 0.3) is 6.08 Å². The lowest BCUT2D eigenvalue weighted by molar-refractivity contribution is 0.816. The van der Waals surface area contributed by atoms with Gasteiger partial charge in [-0.1, -0.05) is 44.1 Å². The Morgan fingerprint density at radius 3 is 2.92 bits per heavy atom. The molecule has 0 radical (unpaired) electrons. The van der Waals surface area contributed by atoms with Crippen molar-refractivity contribution in [2.75, 3.05) is 0 Å². The number of benzene rings is 1. The molecule has 0 atom stereocenters. The van der Waals surface area contributed by atoms with Crippen molar-refractivity contribution < 1.29 is 0 Å². The number of halogens is 1. The lowest BCUT2D eigenvalue weighted by Gasteiger charge is -1.94. The van der Waals surface area contributed by atoms with Gasteiger partial charge >= 0.3 is 0 Å². The first-order valence-corrected chi connectivity index (χ1v) is 5.83. The number of unbranched alkanes of at least 4 members (excludes halogenated alkanes) is 2. The van der Waals surface area contributed by atoms with Gasteiger partial charge in [0.2, 0.25) is 0 Å². The van der Waals surface area contributed by atoms with Gasteiger partial charge in [0.1, 0.15) is 0 Å². The molecule has 0 bridgehead atoms. The summed E-state index contributed by atoms with van der Waals surface area (Å²) in [6, 6.07) is 8.55. The minimum Gasteiger partial charge on any atom is -0.0839 e. The summed E-state index contributed by atoms with van der Waals surface area (Å²) in [6.45, 7) is 2.22. The fourth-order valence-corrected chi connectivity index (χ4v) is 1.72. The Bertz CT molecular complexity index is 276. The van der Waals surface area contributed by atoms with Gasteiger partial charge in [0.05, 0.1) is 0 Å². The van der Waals surface area contributed by atoms with Crippen LogP contribution < -0.4 is 0 Å². The second-order valence-electron chi connectivity index (χ2n) is 3.10. The monoisotopic (exact) mass is 286 g/mol. The molecule has 0 aliphatic carbocycles. The summed E-state index contributed by atoms with van der Waals surface area (Å²) >= 11 is 2.34. The van der Waals surface area contributed by atoms with Crippen LogP contribution in [0.2, 0.25) is 0 Å². The van der Waals surface area contributed by atoms with E-state index in [1.807, 2.05) is 0 Å².